The Morgan fingerprint density at radius 1 is 1.56 bits per heavy atom. The first-order valence-electron chi connectivity index (χ1n) is 4.71. The Labute approximate surface area is 92.6 Å². The van der Waals surface area contributed by atoms with Crippen LogP contribution in [0.25, 0.3) is 11.3 Å². The molecule has 5 nitrogen and oxygen atoms in total. The minimum absolute atomic E-state index is 0.670. The van der Waals surface area contributed by atoms with E-state index in [0.29, 0.717) is 5.70 Å². The number of nitrogens with one attached hydrogen (secondary N) is 2. The number of pyridine rings is 1. The molecule has 0 saturated heterocycles. The molecule has 0 unspecified atom stereocenters. The van der Waals surface area contributed by atoms with Gasteiger partial charge >= 0.3 is 0 Å². The van der Waals surface area contributed by atoms with Crippen LogP contribution >= 0.6 is 0 Å². The first-order chi connectivity index (χ1) is 7.81. The molecule has 2 aromatic rings. The van der Waals surface area contributed by atoms with Crippen molar-refractivity contribution in [1.82, 2.24) is 14.8 Å². The maximum Gasteiger partial charge on any atom is 0.137 e. The standard InChI is InChI=1S/C11H11N5/c1-9(15-14-4-3-12)10-2-6-16-7-5-13-11(16)8-10/h2-8,12,15H,1H2. The van der Waals surface area contributed by atoms with Crippen LogP contribution in [0.3, 0.4) is 0 Å². The van der Waals surface area contributed by atoms with Crippen molar-refractivity contribution in [2.24, 2.45) is 5.10 Å². The Morgan fingerprint density at radius 3 is 3.25 bits per heavy atom. The Balaban J connectivity index is 2.22. The van der Waals surface area contributed by atoms with Gasteiger partial charge < -0.3 is 9.81 Å². The van der Waals surface area contributed by atoms with Gasteiger partial charge in [-0.2, -0.15) is 5.10 Å². The quantitative estimate of drug-likeness (QED) is 0.597. The van der Waals surface area contributed by atoms with E-state index >= 15 is 0 Å². The van der Waals surface area contributed by atoms with Gasteiger partial charge in [0.05, 0.1) is 11.9 Å². The van der Waals surface area contributed by atoms with E-state index in [9.17, 15) is 0 Å². The van der Waals surface area contributed by atoms with Gasteiger partial charge in [0.2, 0.25) is 0 Å². The molecule has 80 valence electrons. The van der Waals surface area contributed by atoms with Crippen LogP contribution in [0.1, 0.15) is 5.56 Å². The van der Waals surface area contributed by atoms with Crippen LogP contribution in [0.4, 0.5) is 0 Å². The van der Waals surface area contributed by atoms with Gasteiger partial charge in [-0.15, -0.1) is 0 Å². The van der Waals surface area contributed by atoms with Crippen molar-refractivity contribution in [2.45, 2.75) is 0 Å². The molecule has 2 N–H and O–H groups in total. The zero-order chi connectivity index (χ0) is 11.4. The summed E-state index contributed by atoms with van der Waals surface area (Å²) in [6.45, 7) is 3.85. The SMILES string of the molecule is C=C(NN=CC=N)c1ccn2ccnc2c1. The second-order valence-electron chi connectivity index (χ2n) is 3.14. The van der Waals surface area contributed by atoms with Crippen LogP contribution in [0.15, 0.2) is 42.4 Å². The van der Waals surface area contributed by atoms with Crippen LogP contribution in [0, 0.1) is 5.41 Å². The summed E-state index contributed by atoms with van der Waals surface area (Å²) in [5, 5.41) is 10.6. The lowest BCUT2D eigenvalue weighted by Crippen LogP contribution is -2.03. The number of hydrogen-bond donors (Lipinski definition) is 2. The average Bonchev–Trinajstić information content (AvgIpc) is 2.76. The molecule has 0 aliphatic carbocycles. The van der Waals surface area contributed by atoms with Crippen molar-refractivity contribution in [2.75, 3.05) is 0 Å². The highest BCUT2D eigenvalue weighted by atomic mass is 15.3. The zero-order valence-corrected chi connectivity index (χ0v) is 8.59. The van der Waals surface area contributed by atoms with Gasteiger partial charge in [-0.3, -0.25) is 5.43 Å². The summed E-state index contributed by atoms with van der Waals surface area (Å²) in [6, 6.07) is 3.83. The van der Waals surface area contributed by atoms with E-state index < -0.39 is 0 Å². The molecule has 2 heterocycles. The highest BCUT2D eigenvalue weighted by Crippen LogP contribution is 2.11. The van der Waals surface area contributed by atoms with Gasteiger partial charge in [0, 0.05) is 30.4 Å². The molecule has 0 amide bonds. The molecule has 0 atom stereocenters. The topological polar surface area (TPSA) is 65.5 Å². The van der Waals surface area contributed by atoms with Crippen LogP contribution in [0.2, 0.25) is 0 Å². The molecule has 16 heavy (non-hydrogen) atoms. The fourth-order valence-electron chi connectivity index (χ4n) is 1.31. The van der Waals surface area contributed by atoms with Crippen LogP contribution in [-0.2, 0) is 0 Å². The van der Waals surface area contributed by atoms with Crippen molar-refractivity contribution < 1.29 is 0 Å². The minimum atomic E-state index is 0.670. The second-order valence-corrected chi connectivity index (χ2v) is 3.14. The molecule has 0 fully saturated rings. The maximum absolute atomic E-state index is 6.78. The number of rotatable bonds is 4. The molecule has 2 aromatic heterocycles. The molecule has 5 heteroatoms. The van der Waals surface area contributed by atoms with E-state index in [0.717, 1.165) is 17.4 Å². The summed E-state index contributed by atoms with van der Waals surface area (Å²) >= 11 is 0. The third-order valence-corrected chi connectivity index (χ3v) is 2.09. The first-order valence-corrected chi connectivity index (χ1v) is 4.71. The van der Waals surface area contributed by atoms with Crippen molar-refractivity contribution in [3.63, 3.8) is 0 Å². The van der Waals surface area contributed by atoms with Gasteiger partial charge in [0.15, 0.2) is 0 Å². The average molecular weight is 213 g/mol. The van der Waals surface area contributed by atoms with E-state index in [2.05, 4.69) is 22.1 Å². The summed E-state index contributed by atoms with van der Waals surface area (Å²) in [5.41, 5.74) is 5.19. The van der Waals surface area contributed by atoms with E-state index in [1.807, 2.05) is 28.9 Å². The largest absolute Gasteiger partial charge is 0.307 e. The van der Waals surface area contributed by atoms with Crippen molar-refractivity contribution in [1.29, 1.82) is 5.41 Å². The fraction of sp³-hybridized carbons (Fsp3) is 0. The lowest BCUT2D eigenvalue weighted by atomic mass is 10.2. The number of nitrogens with zero attached hydrogens (tertiary/aromatic N) is 3. The number of fused-ring (bicyclic) bond motifs is 1. The number of aromatic nitrogens is 2. The Morgan fingerprint density at radius 2 is 2.44 bits per heavy atom. The third kappa shape index (κ3) is 1.98. The molecule has 0 bridgehead atoms. The van der Waals surface area contributed by atoms with Crippen molar-refractivity contribution in [3.05, 3.63) is 42.9 Å². The molecule has 0 aromatic carbocycles. The molecule has 0 aliphatic heterocycles. The molecule has 0 aliphatic rings. The normalized spacial score (nSPS) is 10.8. The van der Waals surface area contributed by atoms with E-state index in [-0.39, 0.29) is 0 Å². The van der Waals surface area contributed by atoms with Crippen LogP contribution < -0.4 is 5.43 Å². The van der Waals surface area contributed by atoms with E-state index in [4.69, 9.17) is 5.41 Å². The minimum Gasteiger partial charge on any atom is -0.307 e. The summed E-state index contributed by atoms with van der Waals surface area (Å²) < 4.78 is 1.91. The van der Waals surface area contributed by atoms with Gasteiger partial charge in [-0.25, -0.2) is 4.98 Å². The van der Waals surface area contributed by atoms with E-state index in [1.54, 1.807) is 6.20 Å². The molecule has 0 saturated carbocycles. The predicted molar refractivity (Wildman–Crippen MR) is 64.6 cm³/mol. The first kappa shape index (κ1) is 10.1. The zero-order valence-electron chi connectivity index (χ0n) is 8.59. The second kappa shape index (κ2) is 4.39. The molecule has 0 radical (unpaired) electrons. The lowest BCUT2D eigenvalue weighted by Gasteiger charge is -2.04. The third-order valence-electron chi connectivity index (χ3n) is 2.09. The van der Waals surface area contributed by atoms with Gasteiger partial charge in [-0.1, -0.05) is 6.58 Å². The van der Waals surface area contributed by atoms with Gasteiger partial charge in [-0.05, 0) is 12.1 Å². The molecule has 2 rings (SSSR count). The maximum atomic E-state index is 6.78. The van der Waals surface area contributed by atoms with Gasteiger partial charge in [0.1, 0.15) is 5.65 Å². The fourth-order valence-corrected chi connectivity index (χ4v) is 1.31. The van der Waals surface area contributed by atoms with Gasteiger partial charge in [0.25, 0.3) is 0 Å². The Kier molecular flexibility index (Phi) is 2.77. The predicted octanol–water partition coefficient (Wildman–Crippen LogP) is 1.53. The molecule has 0 spiro atoms. The van der Waals surface area contributed by atoms with E-state index in [1.165, 1.54) is 6.21 Å². The monoisotopic (exact) mass is 213 g/mol. The molecular weight excluding hydrogens is 202 g/mol. The number of hydrazone groups is 1. The van der Waals surface area contributed by atoms with Crippen molar-refractivity contribution >= 4 is 23.8 Å². The van der Waals surface area contributed by atoms with Crippen molar-refractivity contribution in [3.8, 4) is 0 Å². The van der Waals surface area contributed by atoms with Crippen LogP contribution in [-0.4, -0.2) is 21.8 Å². The smallest absolute Gasteiger partial charge is 0.137 e. The Hall–Kier alpha value is -2.43. The highest BCUT2D eigenvalue weighted by molar-refractivity contribution is 6.14. The van der Waals surface area contributed by atoms with Crippen LogP contribution in [0.5, 0.6) is 0 Å². The molecular formula is C11H11N5. The number of imidazole rings is 1. The summed E-state index contributed by atoms with van der Waals surface area (Å²) in [4.78, 5) is 4.18. The highest BCUT2D eigenvalue weighted by Gasteiger charge is 1.99. The summed E-state index contributed by atoms with van der Waals surface area (Å²) in [7, 11) is 0. The summed E-state index contributed by atoms with van der Waals surface area (Å²) in [6.07, 6.45) is 7.97. The Bertz CT molecular complexity index is 552. The summed E-state index contributed by atoms with van der Waals surface area (Å²) in [5.74, 6) is 0. The number of hydrogen-bond acceptors (Lipinski definition) is 4. The lowest BCUT2D eigenvalue weighted by molar-refractivity contribution is 1.00.